The first-order chi connectivity index (χ1) is 10.6. The predicted octanol–water partition coefficient (Wildman–Crippen LogP) is 4.63. The van der Waals surface area contributed by atoms with Crippen LogP contribution in [0.25, 0.3) is 10.2 Å². The normalized spacial score (nSPS) is 10.7. The fourth-order valence-corrected chi connectivity index (χ4v) is 3.41. The highest BCUT2D eigenvalue weighted by atomic mass is 79.9. The summed E-state index contributed by atoms with van der Waals surface area (Å²) in [5.74, 6) is 0.452. The molecule has 0 aliphatic heterocycles. The maximum absolute atomic E-state index is 12.4. The molecule has 6 heteroatoms. The number of anilines is 1. The molecule has 0 saturated carbocycles. The van der Waals surface area contributed by atoms with E-state index in [1.165, 1.54) is 0 Å². The van der Waals surface area contributed by atoms with Gasteiger partial charge >= 0.3 is 0 Å². The zero-order chi connectivity index (χ0) is 15.7. The Kier molecular flexibility index (Phi) is 4.13. The number of aromatic nitrogens is 1. The molecule has 1 aromatic heterocycles. The maximum atomic E-state index is 12.4. The molecule has 22 heavy (non-hydrogen) atoms. The monoisotopic (exact) mass is 376 g/mol. The number of aryl methyl sites for hydroxylation is 1. The van der Waals surface area contributed by atoms with Crippen LogP contribution in [-0.4, -0.2) is 18.0 Å². The minimum atomic E-state index is -0.189. The molecule has 3 rings (SSSR count). The Hall–Kier alpha value is -1.92. The summed E-state index contributed by atoms with van der Waals surface area (Å²) in [6.07, 6.45) is 0. The SMILES string of the molecule is COc1ccc(Br)c(C(=O)Nc2ccc3nc(C)sc3c2)c1. The van der Waals surface area contributed by atoms with Crippen molar-refractivity contribution in [3.63, 3.8) is 0 Å². The van der Waals surface area contributed by atoms with Gasteiger partial charge in [-0.25, -0.2) is 4.98 Å². The van der Waals surface area contributed by atoms with E-state index in [1.54, 1.807) is 36.6 Å². The number of nitrogens with one attached hydrogen (secondary N) is 1. The van der Waals surface area contributed by atoms with Crippen molar-refractivity contribution in [2.24, 2.45) is 0 Å². The lowest BCUT2D eigenvalue weighted by molar-refractivity contribution is 0.102. The summed E-state index contributed by atoms with van der Waals surface area (Å²) < 4.78 is 6.94. The quantitative estimate of drug-likeness (QED) is 0.724. The van der Waals surface area contributed by atoms with Gasteiger partial charge in [0.15, 0.2) is 0 Å². The van der Waals surface area contributed by atoms with Gasteiger partial charge in [0.1, 0.15) is 5.75 Å². The number of carbonyl (C=O) groups excluding carboxylic acids is 1. The number of benzene rings is 2. The zero-order valence-electron chi connectivity index (χ0n) is 12.0. The van der Waals surface area contributed by atoms with Crippen LogP contribution in [0.4, 0.5) is 5.69 Å². The van der Waals surface area contributed by atoms with E-state index in [9.17, 15) is 4.79 Å². The highest BCUT2D eigenvalue weighted by Crippen LogP contribution is 2.27. The topological polar surface area (TPSA) is 51.2 Å². The van der Waals surface area contributed by atoms with Gasteiger partial charge in [-0.3, -0.25) is 4.79 Å². The van der Waals surface area contributed by atoms with Gasteiger partial charge in [0, 0.05) is 10.2 Å². The number of methoxy groups -OCH3 is 1. The number of thiazole rings is 1. The fraction of sp³-hybridized carbons (Fsp3) is 0.125. The third-order valence-corrected chi connectivity index (χ3v) is 4.80. The summed E-state index contributed by atoms with van der Waals surface area (Å²) in [5, 5.41) is 3.91. The Morgan fingerprint density at radius 3 is 2.86 bits per heavy atom. The standard InChI is InChI=1S/C16H13BrN2O2S/c1-9-18-14-6-3-10(7-15(14)22-9)19-16(20)12-8-11(21-2)4-5-13(12)17/h3-8H,1-2H3,(H,19,20). The maximum Gasteiger partial charge on any atom is 0.256 e. The van der Waals surface area contributed by atoms with E-state index in [-0.39, 0.29) is 5.91 Å². The molecule has 0 spiro atoms. The smallest absolute Gasteiger partial charge is 0.256 e. The molecule has 0 aliphatic rings. The average molecular weight is 377 g/mol. The van der Waals surface area contributed by atoms with Crippen molar-refractivity contribution in [2.75, 3.05) is 12.4 Å². The van der Waals surface area contributed by atoms with Crippen molar-refractivity contribution in [1.82, 2.24) is 4.98 Å². The predicted molar refractivity (Wildman–Crippen MR) is 93.0 cm³/mol. The van der Waals surface area contributed by atoms with Gasteiger partial charge < -0.3 is 10.1 Å². The molecule has 0 fully saturated rings. The highest BCUT2D eigenvalue weighted by molar-refractivity contribution is 9.10. The lowest BCUT2D eigenvalue weighted by atomic mass is 10.2. The lowest BCUT2D eigenvalue weighted by Crippen LogP contribution is -2.12. The second-order valence-corrected chi connectivity index (χ2v) is 6.80. The molecule has 112 valence electrons. The first kappa shape index (κ1) is 15.0. The zero-order valence-corrected chi connectivity index (χ0v) is 14.4. The van der Waals surface area contributed by atoms with Gasteiger partial charge in [-0.05, 0) is 59.3 Å². The van der Waals surface area contributed by atoms with Gasteiger partial charge in [0.05, 0.1) is 27.9 Å². The van der Waals surface area contributed by atoms with Crippen molar-refractivity contribution >= 4 is 49.1 Å². The van der Waals surface area contributed by atoms with Crippen molar-refractivity contribution < 1.29 is 9.53 Å². The van der Waals surface area contributed by atoms with Gasteiger partial charge in [-0.1, -0.05) is 0 Å². The molecule has 1 amide bonds. The Bertz CT molecular complexity index is 860. The molecular formula is C16H13BrN2O2S. The summed E-state index contributed by atoms with van der Waals surface area (Å²) in [7, 11) is 1.57. The van der Waals surface area contributed by atoms with Crippen LogP contribution in [0.1, 0.15) is 15.4 Å². The summed E-state index contributed by atoms with van der Waals surface area (Å²) in [5.41, 5.74) is 2.22. The van der Waals surface area contributed by atoms with Crippen molar-refractivity contribution in [2.45, 2.75) is 6.92 Å². The summed E-state index contributed by atoms with van der Waals surface area (Å²) in [4.78, 5) is 16.8. The number of carbonyl (C=O) groups is 1. The van der Waals surface area contributed by atoms with Gasteiger partial charge in [0.2, 0.25) is 0 Å². The van der Waals surface area contributed by atoms with Crippen LogP contribution in [0.15, 0.2) is 40.9 Å². The lowest BCUT2D eigenvalue weighted by Gasteiger charge is -2.08. The van der Waals surface area contributed by atoms with Gasteiger partial charge in [0.25, 0.3) is 5.91 Å². The number of rotatable bonds is 3. The molecule has 1 N–H and O–H groups in total. The Morgan fingerprint density at radius 1 is 1.27 bits per heavy atom. The Balaban J connectivity index is 1.89. The molecule has 0 aliphatic carbocycles. The van der Waals surface area contributed by atoms with Crippen LogP contribution < -0.4 is 10.1 Å². The van der Waals surface area contributed by atoms with Crippen molar-refractivity contribution in [3.05, 3.63) is 51.4 Å². The number of halogens is 1. The van der Waals surface area contributed by atoms with E-state index >= 15 is 0 Å². The molecule has 0 radical (unpaired) electrons. The molecule has 0 saturated heterocycles. The minimum Gasteiger partial charge on any atom is -0.497 e. The third kappa shape index (κ3) is 2.98. The Labute approximate surface area is 140 Å². The van der Waals surface area contributed by atoms with E-state index in [2.05, 4.69) is 26.2 Å². The van der Waals surface area contributed by atoms with Gasteiger partial charge in [-0.15, -0.1) is 11.3 Å². The first-order valence-electron chi connectivity index (χ1n) is 6.59. The minimum absolute atomic E-state index is 0.189. The number of hydrogen-bond acceptors (Lipinski definition) is 4. The molecule has 2 aromatic carbocycles. The number of nitrogens with zero attached hydrogens (tertiary/aromatic N) is 1. The fourth-order valence-electron chi connectivity index (χ4n) is 2.12. The van der Waals surface area contributed by atoms with Crippen LogP contribution in [-0.2, 0) is 0 Å². The molecule has 3 aromatic rings. The summed E-state index contributed by atoms with van der Waals surface area (Å²) >= 11 is 5.00. The number of amides is 1. The molecular weight excluding hydrogens is 364 g/mol. The third-order valence-electron chi connectivity index (χ3n) is 3.17. The van der Waals surface area contributed by atoms with E-state index in [0.29, 0.717) is 11.3 Å². The molecule has 0 bridgehead atoms. The van der Waals surface area contributed by atoms with Crippen LogP contribution in [0.3, 0.4) is 0 Å². The van der Waals surface area contributed by atoms with E-state index in [4.69, 9.17) is 4.74 Å². The van der Waals surface area contributed by atoms with Crippen molar-refractivity contribution in [1.29, 1.82) is 0 Å². The van der Waals surface area contributed by atoms with Gasteiger partial charge in [-0.2, -0.15) is 0 Å². The van der Waals surface area contributed by atoms with E-state index in [0.717, 1.165) is 25.4 Å². The molecule has 1 heterocycles. The number of ether oxygens (including phenoxy) is 1. The number of hydrogen-bond donors (Lipinski definition) is 1. The van der Waals surface area contributed by atoms with E-state index in [1.807, 2.05) is 25.1 Å². The molecule has 0 unspecified atom stereocenters. The summed E-state index contributed by atoms with van der Waals surface area (Å²) in [6, 6.07) is 11.0. The second-order valence-electron chi connectivity index (χ2n) is 4.72. The molecule has 0 atom stereocenters. The summed E-state index contributed by atoms with van der Waals surface area (Å²) in [6.45, 7) is 1.97. The second kappa shape index (κ2) is 6.06. The average Bonchev–Trinajstić information content (AvgIpc) is 2.87. The van der Waals surface area contributed by atoms with E-state index < -0.39 is 0 Å². The van der Waals surface area contributed by atoms with Crippen LogP contribution >= 0.6 is 27.3 Å². The van der Waals surface area contributed by atoms with Crippen molar-refractivity contribution in [3.8, 4) is 5.75 Å². The largest absolute Gasteiger partial charge is 0.497 e. The highest BCUT2D eigenvalue weighted by Gasteiger charge is 2.12. The first-order valence-corrected chi connectivity index (χ1v) is 8.20. The van der Waals surface area contributed by atoms with Crippen LogP contribution in [0.5, 0.6) is 5.75 Å². The van der Waals surface area contributed by atoms with Crippen LogP contribution in [0.2, 0.25) is 0 Å². The number of fused-ring (bicyclic) bond motifs is 1. The molecule has 4 nitrogen and oxygen atoms in total. The Morgan fingerprint density at radius 2 is 2.09 bits per heavy atom. The van der Waals surface area contributed by atoms with Crippen LogP contribution in [0, 0.1) is 6.92 Å².